The molecule has 0 fully saturated rings. The number of fused-ring (bicyclic) bond motifs is 1. The highest BCUT2D eigenvalue weighted by molar-refractivity contribution is 6.07. The number of carbonyl (C=O) groups excluding carboxylic acids is 2. The highest BCUT2D eigenvalue weighted by Gasteiger charge is 2.12. The minimum Gasteiger partial charge on any atom is -0.452 e. The van der Waals surface area contributed by atoms with E-state index in [4.69, 9.17) is 9.53 Å². The smallest absolute Gasteiger partial charge is 0.204 e. The molecule has 10 heteroatoms. The molecule has 8 nitrogen and oxygen atoms in total. The first-order valence-electron chi connectivity index (χ1n) is 11.0. The number of halogens is 2. The summed E-state index contributed by atoms with van der Waals surface area (Å²) in [6.45, 7) is 0. The fourth-order valence-electron chi connectivity index (χ4n) is 3.37. The monoisotopic (exact) mass is 505 g/mol. The van der Waals surface area contributed by atoms with Crippen LogP contribution >= 0.6 is 0 Å². The Morgan fingerprint density at radius 3 is 2.46 bits per heavy atom. The van der Waals surface area contributed by atoms with Gasteiger partial charge in [-0.1, -0.05) is 6.07 Å². The molecule has 0 radical (unpaired) electrons. The van der Waals surface area contributed by atoms with Crippen molar-refractivity contribution in [2.24, 2.45) is 5.73 Å². The van der Waals surface area contributed by atoms with E-state index in [1.165, 1.54) is 24.3 Å². The summed E-state index contributed by atoms with van der Waals surface area (Å²) < 4.78 is 33.8. The molecule has 4 aromatic rings. The van der Waals surface area contributed by atoms with Gasteiger partial charge in [-0.2, -0.15) is 5.10 Å². The zero-order valence-corrected chi connectivity index (χ0v) is 20.1. The van der Waals surface area contributed by atoms with Crippen molar-refractivity contribution in [3.05, 3.63) is 96.3 Å². The normalized spacial score (nSPS) is 11.1. The van der Waals surface area contributed by atoms with Crippen LogP contribution in [0, 0.1) is 11.6 Å². The number of aromatic nitrogens is 2. The molecule has 0 atom stereocenters. The molecule has 0 bridgehead atoms. The van der Waals surface area contributed by atoms with Gasteiger partial charge in [0.15, 0.2) is 23.6 Å². The van der Waals surface area contributed by atoms with E-state index in [0.717, 1.165) is 16.6 Å². The summed E-state index contributed by atoms with van der Waals surface area (Å²) >= 11 is 0. The molecule has 0 spiro atoms. The van der Waals surface area contributed by atoms with Gasteiger partial charge in [-0.15, -0.1) is 0 Å². The van der Waals surface area contributed by atoms with Gasteiger partial charge in [-0.3, -0.25) is 14.7 Å². The number of ether oxygens (including phenoxy) is 1. The maximum atomic E-state index is 14.9. The number of aromatic amines is 1. The Morgan fingerprint density at radius 2 is 1.81 bits per heavy atom. The predicted octanol–water partition coefficient (Wildman–Crippen LogP) is 5.01. The fraction of sp³-hybridized carbons (Fsp3) is 0.0741. The molecule has 0 saturated carbocycles. The lowest BCUT2D eigenvalue weighted by Crippen LogP contribution is -2.07. The van der Waals surface area contributed by atoms with Gasteiger partial charge in [0.2, 0.25) is 6.41 Å². The first kappa shape index (κ1) is 26.6. The van der Waals surface area contributed by atoms with Crippen molar-refractivity contribution >= 4 is 40.5 Å². The molecule has 0 aliphatic heterocycles. The number of hydrogen-bond acceptors (Lipinski definition) is 6. The number of anilines is 2. The standard InChI is InChI=1S/C26H22F2N4O2.CH3NO/c1-29-24-14-23-19(15-30-31-23)13-26(24)34-25-10-5-17(12-22(25)28)18(16-33)4-3-11-32(2)21-8-6-20(27)7-9-21;2-1-3/h3-16,29H,1-2H3,(H,30,31);1H,(H2,2,3)/b11-3-,18-4+;. The summed E-state index contributed by atoms with van der Waals surface area (Å²) in [5.74, 6) is -0.448. The lowest BCUT2D eigenvalue weighted by Gasteiger charge is -2.13. The van der Waals surface area contributed by atoms with Crippen LogP contribution in [0.15, 0.2) is 79.1 Å². The molecule has 0 aliphatic rings. The summed E-state index contributed by atoms with van der Waals surface area (Å²) in [7, 11) is 3.54. The van der Waals surface area contributed by atoms with Crippen LogP contribution in [0.2, 0.25) is 0 Å². The van der Waals surface area contributed by atoms with Crippen LogP contribution in [0.3, 0.4) is 0 Å². The molecule has 37 heavy (non-hydrogen) atoms. The average molecular weight is 506 g/mol. The number of hydrogen-bond donors (Lipinski definition) is 3. The Morgan fingerprint density at radius 1 is 1.08 bits per heavy atom. The van der Waals surface area contributed by atoms with Gasteiger partial charge in [0.05, 0.1) is 17.4 Å². The lowest BCUT2D eigenvalue weighted by molar-refractivity contribution is -0.107. The fourth-order valence-corrected chi connectivity index (χ4v) is 3.37. The molecule has 4 N–H and O–H groups in total. The van der Waals surface area contributed by atoms with Crippen LogP contribution in [0.4, 0.5) is 20.2 Å². The van der Waals surface area contributed by atoms with Crippen LogP contribution < -0.4 is 20.7 Å². The first-order chi connectivity index (χ1) is 17.9. The Labute approximate surface area is 212 Å². The Hall–Kier alpha value is -4.99. The minimum absolute atomic E-state index is 0.0277. The second-order valence-corrected chi connectivity index (χ2v) is 7.61. The van der Waals surface area contributed by atoms with Crippen molar-refractivity contribution in [3.8, 4) is 11.5 Å². The number of carbonyl (C=O) groups is 2. The third-order valence-electron chi connectivity index (χ3n) is 5.24. The van der Waals surface area contributed by atoms with Gasteiger partial charge in [0.1, 0.15) is 5.82 Å². The molecular formula is C27H25F2N5O3. The Bertz CT molecular complexity index is 1430. The number of nitrogens with one attached hydrogen (secondary N) is 2. The van der Waals surface area contributed by atoms with Crippen molar-refractivity contribution in [2.75, 3.05) is 24.3 Å². The van der Waals surface area contributed by atoms with Crippen molar-refractivity contribution in [2.45, 2.75) is 0 Å². The third kappa shape index (κ3) is 6.79. The van der Waals surface area contributed by atoms with Crippen LogP contribution in [0.5, 0.6) is 11.5 Å². The molecule has 1 heterocycles. The van der Waals surface area contributed by atoms with E-state index in [9.17, 15) is 13.6 Å². The highest BCUT2D eigenvalue weighted by atomic mass is 19.1. The van der Waals surface area contributed by atoms with Gasteiger partial charge in [-0.25, -0.2) is 8.78 Å². The summed E-state index contributed by atoms with van der Waals surface area (Å²) in [5.41, 5.74) is 7.15. The van der Waals surface area contributed by atoms with E-state index in [-0.39, 0.29) is 18.0 Å². The van der Waals surface area contributed by atoms with E-state index in [1.54, 1.807) is 67.8 Å². The number of primary amides is 1. The van der Waals surface area contributed by atoms with E-state index >= 15 is 0 Å². The highest BCUT2D eigenvalue weighted by Crippen LogP contribution is 2.34. The second kappa shape index (κ2) is 12.6. The molecule has 0 aliphatic carbocycles. The summed E-state index contributed by atoms with van der Waals surface area (Å²) in [5, 5.41) is 10.7. The van der Waals surface area contributed by atoms with Crippen LogP contribution in [-0.4, -0.2) is 37.0 Å². The Kier molecular flexibility index (Phi) is 9.09. The minimum atomic E-state index is -0.605. The average Bonchev–Trinajstić information content (AvgIpc) is 3.35. The zero-order chi connectivity index (χ0) is 26.8. The Balaban J connectivity index is 0.00000121. The van der Waals surface area contributed by atoms with Crippen molar-refractivity contribution in [1.29, 1.82) is 0 Å². The first-order valence-corrected chi connectivity index (χ1v) is 11.0. The molecule has 4 rings (SSSR count). The van der Waals surface area contributed by atoms with E-state index in [2.05, 4.69) is 21.2 Å². The number of benzene rings is 3. The van der Waals surface area contributed by atoms with Gasteiger partial charge in [0.25, 0.3) is 0 Å². The number of rotatable bonds is 8. The van der Waals surface area contributed by atoms with Gasteiger partial charge >= 0.3 is 0 Å². The van der Waals surface area contributed by atoms with Crippen molar-refractivity contribution in [1.82, 2.24) is 10.2 Å². The maximum absolute atomic E-state index is 14.9. The van der Waals surface area contributed by atoms with Crippen LogP contribution in [0.25, 0.3) is 16.5 Å². The predicted molar refractivity (Wildman–Crippen MR) is 140 cm³/mol. The number of H-pyrrole nitrogens is 1. The van der Waals surface area contributed by atoms with E-state index in [0.29, 0.717) is 28.9 Å². The zero-order valence-electron chi connectivity index (χ0n) is 20.1. The van der Waals surface area contributed by atoms with Gasteiger partial charge in [-0.05, 0) is 66.2 Å². The molecule has 0 saturated heterocycles. The largest absolute Gasteiger partial charge is 0.452 e. The molecule has 1 amide bonds. The van der Waals surface area contributed by atoms with Gasteiger partial charge < -0.3 is 20.7 Å². The number of amides is 1. The summed E-state index contributed by atoms with van der Waals surface area (Å²) in [6, 6.07) is 14.0. The summed E-state index contributed by atoms with van der Waals surface area (Å²) in [4.78, 5) is 22.0. The number of nitrogens with zero attached hydrogens (tertiary/aromatic N) is 2. The van der Waals surface area contributed by atoms with Crippen LogP contribution in [0.1, 0.15) is 5.56 Å². The molecule has 0 unspecified atom stereocenters. The maximum Gasteiger partial charge on any atom is 0.204 e. The van der Waals surface area contributed by atoms with E-state index < -0.39 is 5.82 Å². The topological polar surface area (TPSA) is 113 Å². The SMILES string of the molecule is CNc1cc2[nH]ncc2cc1Oc1ccc(/C(C=O)=C/C=C\N(C)c2ccc(F)cc2)cc1F.NC=O. The quantitative estimate of drug-likeness (QED) is 0.176. The van der Waals surface area contributed by atoms with Crippen LogP contribution in [-0.2, 0) is 9.59 Å². The molecule has 1 aromatic heterocycles. The van der Waals surface area contributed by atoms with Crippen molar-refractivity contribution < 1.29 is 23.1 Å². The molecule has 190 valence electrons. The number of allylic oxidation sites excluding steroid dienone is 3. The third-order valence-corrected chi connectivity index (χ3v) is 5.24. The van der Waals surface area contributed by atoms with Gasteiger partial charge in [0, 0.05) is 36.9 Å². The summed E-state index contributed by atoms with van der Waals surface area (Å²) in [6.07, 6.45) is 7.52. The lowest BCUT2D eigenvalue weighted by atomic mass is 10.1. The molecule has 3 aromatic carbocycles. The number of aldehydes is 1. The van der Waals surface area contributed by atoms with E-state index in [1.807, 2.05) is 6.07 Å². The molecular weight excluding hydrogens is 480 g/mol. The number of nitrogens with two attached hydrogens (primary N) is 1. The van der Waals surface area contributed by atoms with Crippen molar-refractivity contribution in [3.63, 3.8) is 0 Å². The second-order valence-electron chi connectivity index (χ2n) is 7.61.